The zero-order chi connectivity index (χ0) is 23.4. The van der Waals surface area contributed by atoms with E-state index in [2.05, 4.69) is 30.3 Å². The molecule has 0 amide bonds. The van der Waals surface area contributed by atoms with Crippen molar-refractivity contribution in [2.75, 3.05) is 18.6 Å². The highest BCUT2D eigenvalue weighted by Gasteiger charge is 2.39. The minimum Gasteiger partial charge on any atom is -0.370 e. The fourth-order valence-electron chi connectivity index (χ4n) is 5.55. The first-order valence-corrected chi connectivity index (χ1v) is 17.4. The Hall–Kier alpha value is -0.150. The monoisotopic (exact) mass is 512 g/mol. The number of rotatable bonds is 15. The van der Waals surface area contributed by atoms with E-state index in [1.807, 2.05) is 6.26 Å². The van der Waals surface area contributed by atoms with E-state index in [-0.39, 0.29) is 5.60 Å². The molecule has 0 bridgehead atoms. The van der Waals surface area contributed by atoms with Crippen molar-refractivity contribution >= 4 is 35.4 Å². The molecule has 0 saturated heterocycles. The molecule has 3 rings (SSSR count). The van der Waals surface area contributed by atoms with Crippen molar-refractivity contribution in [1.82, 2.24) is 0 Å². The molecule has 33 heavy (non-hydrogen) atoms. The second kappa shape index (κ2) is 14.4. The first-order chi connectivity index (χ1) is 16.0. The second-order valence-electron chi connectivity index (χ2n) is 10.4. The normalized spacial score (nSPS) is 18.7. The van der Waals surface area contributed by atoms with Gasteiger partial charge in [-0.2, -0.15) is 0 Å². The minimum absolute atomic E-state index is 0.0286. The van der Waals surface area contributed by atoms with E-state index in [4.69, 9.17) is 26.1 Å². The van der Waals surface area contributed by atoms with E-state index < -0.39 is 8.46 Å². The topological polar surface area (TPSA) is 9.23 Å². The lowest BCUT2D eigenvalue weighted by Gasteiger charge is -2.42. The van der Waals surface area contributed by atoms with Gasteiger partial charge in [0.2, 0.25) is 0 Å². The van der Waals surface area contributed by atoms with Gasteiger partial charge in [0.15, 0.2) is 0 Å². The molecule has 2 saturated carbocycles. The van der Waals surface area contributed by atoms with Gasteiger partial charge in [-0.25, -0.2) is 0 Å². The van der Waals surface area contributed by atoms with Crippen molar-refractivity contribution in [2.45, 2.75) is 115 Å². The molecule has 0 aromatic heterocycles. The zero-order valence-electron chi connectivity index (χ0n) is 20.9. The molecule has 0 atom stereocenters. The molecule has 0 unspecified atom stereocenters. The van der Waals surface area contributed by atoms with E-state index in [1.54, 1.807) is 11.1 Å². The Morgan fingerprint density at radius 2 is 1.36 bits per heavy atom. The minimum atomic E-state index is -1.34. The maximum atomic E-state index is 6.87. The third kappa shape index (κ3) is 9.43. The zero-order valence-corrected chi connectivity index (χ0v) is 23.2. The average Bonchev–Trinajstić information content (AvgIpc) is 2.77. The van der Waals surface area contributed by atoms with Crippen LogP contribution in [0.2, 0.25) is 0 Å². The summed E-state index contributed by atoms with van der Waals surface area (Å²) in [5.41, 5.74) is 4.63. The Labute approximate surface area is 214 Å². The highest BCUT2D eigenvalue weighted by Crippen LogP contribution is 2.55. The van der Waals surface area contributed by atoms with E-state index in [0.29, 0.717) is 0 Å². The fraction of sp³-hybridized carbons (Fsp3) is 0.724. The Morgan fingerprint density at radius 1 is 0.788 bits per heavy atom. The number of benzene rings is 1. The standard InChI is InChI=1S/C29H46Cl2OS/c1-33(30,31)25-16-8-6-4-2-3-5-7-15-24-32-29(22-13-10-14-23-29)28(27-20-17-21-27)26-18-11-9-12-19-26/h9,11-12,18-19H,2-8,10,13-17,20-25H2,1H3. The Kier molecular flexibility index (Phi) is 12.0. The molecule has 0 N–H and O–H groups in total. The molecule has 2 aliphatic carbocycles. The SMILES string of the molecule is CS(Cl)(Cl)CCCCCCCCCCCOC1(C(=C2CCC2)c2ccccc2)CCCCC1. The molecule has 1 nitrogen and oxygen atoms in total. The van der Waals surface area contributed by atoms with Crippen LogP contribution in [0.3, 0.4) is 0 Å². The Bertz CT molecular complexity index is 698. The van der Waals surface area contributed by atoms with Gasteiger partial charge >= 0.3 is 0 Å². The molecule has 1 aromatic carbocycles. The number of allylic oxidation sites excluding steroid dienone is 1. The van der Waals surface area contributed by atoms with Crippen LogP contribution < -0.4 is 0 Å². The molecular weight excluding hydrogens is 467 g/mol. The third-order valence-electron chi connectivity index (χ3n) is 7.52. The number of unbranched alkanes of at least 4 members (excludes halogenated alkanes) is 8. The molecule has 0 aliphatic heterocycles. The summed E-state index contributed by atoms with van der Waals surface area (Å²) >= 11 is 0. The highest BCUT2D eigenvalue weighted by molar-refractivity contribution is 8.65. The van der Waals surface area contributed by atoms with Gasteiger partial charge < -0.3 is 4.74 Å². The molecule has 0 spiro atoms. The number of hydrogen-bond donors (Lipinski definition) is 0. The van der Waals surface area contributed by atoms with Crippen LogP contribution in [0.5, 0.6) is 0 Å². The van der Waals surface area contributed by atoms with Crippen molar-refractivity contribution in [2.24, 2.45) is 0 Å². The summed E-state index contributed by atoms with van der Waals surface area (Å²) in [7, 11) is 10.9. The molecule has 0 heterocycles. The summed E-state index contributed by atoms with van der Waals surface area (Å²) in [4.78, 5) is 0. The highest BCUT2D eigenvalue weighted by atomic mass is 36.0. The van der Waals surface area contributed by atoms with Crippen LogP contribution in [0, 0.1) is 0 Å². The quantitative estimate of drug-likeness (QED) is 0.212. The summed E-state index contributed by atoms with van der Waals surface area (Å²) < 4.78 is 6.87. The first kappa shape index (κ1) is 27.4. The smallest absolute Gasteiger partial charge is 0.0936 e. The number of halogens is 2. The maximum Gasteiger partial charge on any atom is 0.0936 e. The van der Waals surface area contributed by atoms with Gasteiger partial charge in [-0.15, -0.1) is 0 Å². The van der Waals surface area contributed by atoms with Crippen LogP contribution in [-0.4, -0.2) is 24.2 Å². The van der Waals surface area contributed by atoms with Gasteiger partial charge in [0.1, 0.15) is 0 Å². The summed E-state index contributed by atoms with van der Waals surface area (Å²) in [6, 6.07) is 11.1. The van der Waals surface area contributed by atoms with Gasteiger partial charge in [0.25, 0.3) is 0 Å². The van der Waals surface area contributed by atoms with Gasteiger partial charge in [-0.05, 0) is 62.3 Å². The summed E-state index contributed by atoms with van der Waals surface area (Å²) in [6.45, 7) is 0.918. The van der Waals surface area contributed by atoms with Gasteiger partial charge in [0.05, 0.1) is 5.60 Å². The third-order valence-corrected chi connectivity index (χ3v) is 9.45. The van der Waals surface area contributed by atoms with Gasteiger partial charge in [-0.1, -0.05) is 130 Å². The fourth-order valence-corrected chi connectivity index (χ4v) is 6.92. The van der Waals surface area contributed by atoms with Crippen LogP contribution in [-0.2, 0) is 4.74 Å². The lowest BCUT2D eigenvalue weighted by molar-refractivity contribution is -0.0278. The van der Waals surface area contributed by atoms with Crippen LogP contribution in [0.1, 0.15) is 115 Å². The molecule has 188 valence electrons. The van der Waals surface area contributed by atoms with Crippen molar-refractivity contribution in [3.63, 3.8) is 0 Å². The summed E-state index contributed by atoms with van der Waals surface area (Å²) in [6.07, 6.45) is 23.9. The van der Waals surface area contributed by atoms with Crippen molar-refractivity contribution < 1.29 is 4.74 Å². The van der Waals surface area contributed by atoms with E-state index >= 15 is 0 Å². The van der Waals surface area contributed by atoms with E-state index in [9.17, 15) is 0 Å². The van der Waals surface area contributed by atoms with Crippen LogP contribution in [0.25, 0.3) is 5.57 Å². The van der Waals surface area contributed by atoms with E-state index in [0.717, 1.165) is 12.4 Å². The summed E-state index contributed by atoms with van der Waals surface area (Å²) in [5, 5.41) is 0. The van der Waals surface area contributed by atoms with Crippen LogP contribution in [0.4, 0.5) is 0 Å². The first-order valence-electron chi connectivity index (χ1n) is 13.6. The average molecular weight is 514 g/mol. The van der Waals surface area contributed by atoms with Crippen molar-refractivity contribution in [1.29, 1.82) is 0 Å². The lowest BCUT2D eigenvalue weighted by atomic mass is 9.71. The Balaban J connectivity index is 1.38. The van der Waals surface area contributed by atoms with Crippen molar-refractivity contribution in [3.8, 4) is 0 Å². The largest absolute Gasteiger partial charge is 0.370 e. The van der Waals surface area contributed by atoms with Gasteiger partial charge in [0, 0.05) is 12.4 Å². The lowest BCUT2D eigenvalue weighted by Crippen LogP contribution is -2.38. The molecular formula is C29H46Cl2OS. The predicted octanol–water partition coefficient (Wildman–Crippen LogP) is 10.6. The molecule has 2 aliphatic rings. The van der Waals surface area contributed by atoms with E-state index in [1.165, 1.54) is 115 Å². The predicted molar refractivity (Wildman–Crippen MR) is 151 cm³/mol. The molecule has 0 radical (unpaired) electrons. The number of ether oxygens (including phenoxy) is 1. The summed E-state index contributed by atoms with van der Waals surface area (Å²) in [5.74, 6) is 0.986. The molecule has 4 heteroatoms. The maximum absolute atomic E-state index is 6.87. The van der Waals surface area contributed by atoms with Crippen LogP contribution in [0.15, 0.2) is 35.9 Å². The van der Waals surface area contributed by atoms with Gasteiger partial charge in [-0.3, -0.25) is 0 Å². The number of hydrogen-bond acceptors (Lipinski definition) is 1. The van der Waals surface area contributed by atoms with Crippen molar-refractivity contribution in [3.05, 3.63) is 41.5 Å². The molecule has 2 fully saturated rings. The van der Waals surface area contributed by atoms with Crippen LogP contribution >= 0.6 is 29.8 Å². The second-order valence-corrected chi connectivity index (χ2v) is 17.1. The molecule has 1 aromatic rings. The Morgan fingerprint density at radius 3 is 1.91 bits per heavy atom.